The molecular formula is C16H20N2O. The minimum absolute atomic E-state index is 0.118. The topological polar surface area (TPSA) is 48.1 Å². The first kappa shape index (κ1) is 12.4. The summed E-state index contributed by atoms with van der Waals surface area (Å²) in [4.78, 5) is 4.74. The van der Waals surface area contributed by atoms with E-state index in [0.717, 1.165) is 40.9 Å². The van der Waals surface area contributed by atoms with Crippen molar-refractivity contribution >= 4 is 16.6 Å². The average molecular weight is 256 g/mol. The standard InChI is InChI=1S/C16H20N2O/c1-16(2,3)10-4-5-13-11(8-10)15(17)12-9-19-7-6-14(12)18-13/h4-5,8H,6-7,9H2,1-3H3,(H2,17,18). The van der Waals surface area contributed by atoms with Crippen LogP contribution in [0.5, 0.6) is 0 Å². The van der Waals surface area contributed by atoms with Crippen LogP contribution in [-0.2, 0) is 23.2 Å². The predicted molar refractivity (Wildman–Crippen MR) is 78.2 cm³/mol. The largest absolute Gasteiger partial charge is 0.398 e. The molecule has 1 aliphatic heterocycles. The molecule has 0 amide bonds. The molecule has 0 radical (unpaired) electrons. The van der Waals surface area contributed by atoms with Gasteiger partial charge in [0.25, 0.3) is 0 Å². The Hall–Kier alpha value is -1.61. The van der Waals surface area contributed by atoms with Crippen LogP contribution in [0, 0.1) is 0 Å². The lowest BCUT2D eigenvalue weighted by Crippen LogP contribution is -2.15. The summed E-state index contributed by atoms with van der Waals surface area (Å²) >= 11 is 0. The minimum Gasteiger partial charge on any atom is -0.398 e. The Morgan fingerprint density at radius 3 is 2.79 bits per heavy atom. The van der Waals surface area contributed by atoms with Crippen LogP contribution in [0.3, 0.4) is 0 Å². The molecule has 1 aliphatic rings. The maximum absolute atomic E-state index is 6.33. The van der Waals surface area contributed by atoms with Gasteiger partial charge in [0.1, 0.15) is 0 Å². The van der Waals surface area contributed by atoms with E-state index in [9.17, 15) is 0 Å². The van der Waals surface area contributed by atoms with Crippen molar-refractivity contribution in [1.29, 1.82) is 0 Å². The molecule has 100 valence electrons. The lowest BCUT2D eigenvalue weighted by molar-refractivity contribution is 0.110. The van der Waals surface area contributed by atoms with Gasteiger partial charge in [0.2, 0.25) is 0 Å². The number of rotatable bonds is 0. The van der Waals surface area contributed by atoms with E-state index < -0.39 is 0 Å². The normalized spacial score (nSPS) is 15.5. The molecule has 2 heterocycles. The fourth-order valence-electron chi connectivity index (χ4n) is 2.56. The summed E-state index contributed by atoms with van der Waals surface area (Å²) in [5.41, 5.74) is 11.7. The van der Waals surface area contributed by atoms with Crippen LogP contribution in [0.25, 0.3) is 10.9 Å². The lowest BCUT2D eigenvalue weighted by atomic mass is 9.86. The fraction of sp³-hybridized carbons (Fsp3) is 0.438. The van der Waals surface area contributed by atoms with Crippen LogP contribution < -0.4 is 5.73 Å². The van der Waals surface area contributed by atoms with Crippen LogP contribution >= 0.6 is 0 Å². The Bertz CT molecular complexity index is 641. The van der Waals surface area contributed by atoms with Gasteiger partial charge < -0.3 is 10.5 Å². The van der Waals surface area contributed by atoms with E-state index in [1.165, 1.54) is 5.56 Å². The maximum atomic E-state index is 6.33. The number of aromatic nitrogens is 1. The molecule has 0 fully saturated rings. The first-order chi connectivity index (χ1) is 8.97. The highest BCUT2D eigenvalue weighted by atomic mass is 16.5. The van der Waals surface area contributed by atoms with Crippen molar-refractivity contribution in [3.63, 3.8) is 0 Å². The third-order valence-electron chi connectivity index (χ3n) is 3.81. The molecule has 2 N–H and O–H groups in total. The van der Waals surface area contributed by atoms with Crippen molar-refractivity contribution in [3.8, 4) is 0 Å². The van der Waals surface area contributed by atoms with Crippen molar-refractivity contribution in [2.45, 2.75) is 39.2 Å². The number of benzene rings is 1. The van der Waals surface area contributed by atoms with Crippen LogP contribution in [0.1, 0.15) is 37.6 Å². The Morgan fingerprint density at radius 1 is 1.26 bits per heavy atom. The summed E-state index contributed by atoms with van der Waals surface area (Å²) in [6.07, 6.45) is 0.858. The van der Waals surface area contributed by atoms with Crippen LogP contribution in [0.4, 0.5) is 5.69 Å². The van der Waals surface area contributed by atoms with Crippen LogP contribution in [0.2, 0.25) is 0 Å². The highest BCUT2D eigenvalue weighted by Crippen LogP contribution is 2.32. The van der Waals surface area contributed by atoms with Gasteiger partial charge in [0.15, 0.2) is 0 Å². The zero-order chi connectivity index (χ0) is 13.6. The van der Waals surface area contributed by atoms with E-state index in [-0.39, 0.29) is 5.41 Å². The zero-order valence-corrected chi connectivity index (χ0v) is 11.8. The molecule has 3 heteroatoms. The molecule has 0 unspecified atom stereocenters. The highest BCUT2D eigenvalue weighted by molar-refractivity contribution is 5.92. The molecule has 0 spiro atoms. The van der Waals surface area contributed by atoms with Gasteiger partial charge in [-0.15, -0.1) is 0 Å². The van der Waals surface area contributed by atoms with Crippen LogP contribution in [0.15, 0.2) is 18.2 Å². The molecule has 0 saturated heterocycles. The number of hydrogen-bond acceptors (Lipinski definition) is 3. The van der Waals surface area contributed by atoms with Crippen molar-refractivity contribution in [3.05, 3.63) is 35.0 Å². The summed E-state index contributed by atoms with van der Waals surface area (Å²) in [6.45, 7) is 7.95. The third kappa shape index (κ3) is 2.08. The minimum atomic E-state index is 0.118. The zero-order valence-electron chi connectivity index (χ0n) is 11.8. The second-order valence-electron chi connectivity index (χ2n) is 6.24. The van der Waals surface area contributed by atoms with Crippen LogP contribution in [-0.4, -0.2) is 11.6 Å². The monoisotopic (exact) mass is 256 g/mol. The maximum Gasteiger partial charge on any atom is 0.0755 e. The van der Waals surface area contributed by atoms with Gasteiger partial charge in [0.05, 0.1) is 24.4 Å². The highest BCUT2D eigenvalue weighted by Gasteiger charge is 2.19. The molecule has 0 bridgehead atoms. The van der Waals surface area contributed by atoms with E-state index in [2.05, 4.69) is 39.0 Å². The Labute approximate surface area is 113 Å². The number of nitrogen functional groups attached to an aromatic ring is 1. The molecule has 0 aliphatic carbocycles. The SMILES string of the molecule is CC(C)(C)c1ccc2nc3c(c(N)c2c1)COCC3. The smallest absolute Gasteiger partial charge is 0.0755 e. The molecule has 1 aromatic heterocycles. The molecule has 3 nitrogen and oxygen atoms in total. The average Bonchev–Trinajstić information content (AvgIpc) is 2.37. The first-order valence-corrected chi connectivity index (χ1v) is 6.76. The quantitative estimate of drug-likeness (QED) is 0.787. The van der Waals surface area contributed by atoms with Gasteiger partial charge in [-0.3, -0.25) is 4.98 Å². The first-order valence-electron chi connectivity index (χ1n) is 6.76. The lowest BCUT2D eigenvalue weighted by Gasteiger charge is -2.22. The van der Waals surface area contributed by atoms with E-state index in [4.69, 9.17) is 15.5 Å². The molecule has 19 heavy (non-hydrogen) atoms. The molecule has 0 saturated carbocycles. The summed E-state index contributed by atoms with van der Waals surface area (Å²) in [5, 5.41) is 1.05. The Balaban J connectivity index is 2.25. The van der Waals surface area contributed by atoms with Gasteiger partial charge in [-0.05, 0) is 23.1 Å². The van der Waals surface area contributed by atoms with Gasteiger partial charge in [0, 0.05) is 23.1 Å². The molecule has 3 rings (SSSR count). The third-order valence-corrected chi connectivity index (χ3v) is 3.81. The number of hydrogen-bond donors (Lipinski definition) is 1. The number of pyridine rings is 1. The van der Waals surface area contributed by atoms with E-state index >= 15 is 0 Å². The van der Waals surface area contributed by atoms with Gasteiger partial charge in [-0.1, -0.05) is 26.8 Å². The van der Waals surface area contributed by atoms with Crippen molar-refractivity contribution < 1.29 is 4.74 Å². The number of nitrogens with two attached hydrogens (primary N) is 1. The van der Waals surface area contributed by atoms with Gasteiger partial charge in [-0.25, -0.2) is 0 Å². The summed E-state index contributed by atoms with van der Waals surface area (Å²) in [6, 6.07) is 6.41. The number of nitrogens with zero attached hydrogens (tertiary/aromatic N) is 1. The van der Waals surface area contributed by atoms with Gasteiger partial charge >= 0.3 is 0 Å². The number of anilines is 1. The Kier molecular flexibility index (Phi) is 2.75. The van der Waals surface area contributed by atoms with Crippen molar-refractivity contribution in [2.24, 2.45) is 0 Å². The van der Waals surface area contributed by atoms with E-state index in [1.54, 1.807) is 0 Å². The summed E-state index contributed by atoms with van der Waals surface area (Å²) < 4.78 is 5.50. The number of ether oxygens (including phenoxy) is 1. The summed E-state index contributed by atoms with van der Waals surface area (Å²) in [5.74, 6) is 0. The van der Waals surface area contributed by atoms with E-state index in [0.29, 0.717) is 6.61 Å². The van der Waals surface area contributed by atoms with Crippen molar-refractivity contribution in [2.75, 3.05) is 12.3 Å². The molecule has 2 aromatic rings. The second-order valence-corrected chi connectivity index (χ2v) is 6.24. The number of fused-ring (bicyclic) bond motifs is 2. The molecule has 1 aromatic carbocycles. The van der Waals surface area contributed by atoms with Gasteiger partial charge in [-0.2, -0.15) is 0 Å². The Morgan fingerprint density at radius 2 is 2.05 bits per heavy atom. The fourth-order valence-corrected chi connectivity index (χ4v) is 2.56. The second kappa shape index (κ2) is 4.20. The summed E-state index contributed by atoms with van der Waals surface area (Å²) in [7, 11) is 0. The van der Waals surface area contributed by atoms with E-state index in [1.807, 2.05) is 0 Å². The van der Waals surface area contributed by atoms with Crippen molar-refractivity contribution in [1.82, 2.24) is 4.98 Å². The molecular weight excluding hydrogens is 236 g/mol. The predicted octanol–water partition coefficient (Wildman–Crippen LogP) is 3.19. The molecule has 0 atom stereocenters.